The van der Waals surface area contributed by atoms with Crippen molar-refractivity contribution in [2.75, 3.05) is 25.1 Å². The third-order valence-electron chi connectivity index (χ3n) is 4.06. The molecule has 0 amide bonds. The second-order valence-electron chi connectivity index (χ2n) is 5.18. The maximum atomic E-state index is 14.1. The van der Waals surface area contributed by atoms with Crippen LogP contribution in [0.25, 0.3) is 0 Å². The average molecular weight is 266 g/mol. The molecule has 19 heavy (non-hydrogen) atoms. The number of anilines is 1. The third-order valence-corrected chi connectivity index (χ3v) is 4.06. The average Bonchev–Trinajstić information content (AvgIpc) is 2.35. The predicted molar refractivity (Wildman–Crippen MR) is 75.9 cm³/mol. The van der Waals surface area contributed by atoms with Crippen LogP contribution >= 0.6 is 0 Å². The predicted octanol–water partition coefficient (Wildman–Crippen LogP) is 2.46. The minimum absolute atomic E-state index is 0.0440. The van der Waals surface area contributed by atoms with E-state index in [9.17, 15) is 9.50 Å². The second-order valence-corrected chi connectivity index (χ2v) is 5.18. The molecule has 3 nitrogen and oxygen atoms in total. The van der Waals surface area contributed by atoms with Gasteiger partial charge in [0.1, 0.15) is 5.82 Å². The van der Waals surface area contributed by atoms with Gasteiger partial charge in [0.05, 0.1) is 6.61 Å². The smallest absolute Gasteiger partial charge is 0.130 e. The van der Waals surface area contributed by atoms with Gasteiger partial charge < -0.3 is 15.3 Å². The summed E-state index contributed by atoms with van der Waals surface area (Å²) in [6, 6.07) is 5.61. The molecule has 2 N–H and O–H groups in total. The van der Waals surface area contributed by atoms with Crippen LogP contribution in [0.1, 0.15) is 37.8 Å². The molecule has 0 bridgehead atoms. The molecule has 1 aromatic carbocycles. The van der Waals surface area contributed by atoms with Crippen molar-refractivity contribution in [3.63, 3.8) is 0 Å². The zero-order valence-corrected chi connectivity index (χ0v) is 11.7. The molecule has 0 spiro atoms. The van der Waals surface area contributed by atoms with Crippen molar-refractivity contribution < 1.29 is 9.50 Å². The number of nitrogens with one attached hydrogen (secondary N) is 1. The topological polar surface area (TPSA) is 35.5 Å². The lowest BCUT2D eigenvalue weighted by Gasteiger charge is -2.40. The maximum Gasteiger partial charge on any atom is 0.130 e. The Balaban J connectivity index is 2.37. The molecule has 1 saturated carbocycles. The van der Waals surface area contributed by atoms with Crippen LogP contribution in [0, 0.1) is 5.82 Å². The van der Waals surface area contributed by atoms with Gasteiger partial charge in [-0.15, -0.1) is 0 Å². The number of hydrogen-bond acceptors (Lipinski definition) is 3. The molecule has 0 aliphatic heterocycles. The molecule has 1 aliphatic rings. The van der Waals surface area contributed by atoms with E-state index >= 15 is 0 Å². The summed E-state index contributed by atoms with van der Waals surface area (Å²) < 4.78 is 14.1. The highest BCUT2D eigenvalue weighted by molar-refractivity contribution is 5.56. The van der Waals surface area contributed by atoms with E-state index in [2.05, 4.69) is 10.2 Å². The fourth-order valence-electron chi connectivity index (χ4n) is 2.65. The Morgan fingerprint density at radius 3 is 2.74 bits per heavy atom. The lowest BCUT2D eigenvalue weighted by Crippen LogP contribution is -2.43. The molecule has 0 heterocycles. The van der Waals surface area contributed by atoms with Gasteiger partial charge in [0, 0.05) is 29.9 Å². The second kappa shape index (κ2) is 6.35. The van der Waals surface area contributed by atoms with E-state index in [4.69, 9.17) is 0 Å². The van der Waals surface area contributed by atoms with Crippen molar-refractivity contribution in [1.82, 2.24) is 5.32 Å². The Labute approximate surface area is 114 Å². The van der Waals surface area contributed by atoms with E-state index in [1.165, 1.54) is 12.5 Å². The molecule has 1 aliphatic carbocycles. The lowest BCUT2D eigenvalue weighted by molar-refractivity contribution is 0.283. The molecule has 2 rings (SSSR count). The third kappa shape index (κ3) is 2.90. The molecule has 0 aromatic heterocycles. The van der Waals surface area contributed by atoms with Gasteiger partial charge in [-0.3, -0.25) is 0 Å². The number of benzene rings is 1. The Morgan fingerprint density at radius 1 is 1.47 bits per heavy atom. The van der Waals surface area contributed by atoms with Crippen molar-refractivity contribution >= 4 is 5.69 Å². The SMILES string of the molecule is CNC(C)c1c(F)cccc1N(CCO)C1CCC1. The Hall–Kier alpha value is -1.13. The van der Waals surface area contributed by atoms with Crippen LogP contribution in [0.4, 0.5) is 10.1 Å². The molecule has 1 fully saturated rings. The van der Waals surface area contributed by atoms with Gasteiger partial charge in [-0.2, -0.15) is 0 Å². The summed E-state index contributed by atoms with van der Waals surface area (Å²) in [6.07, 6.45) is 3.48. The van der Waals surface area contributed by atoms with Gasteiger partial charge >= 0.3 is 0 Å². The zero-order valence-electron chi connectivity index (χ0n) is 11.7. The standard InChI is InChI=1S/C15H23FN2O/c1-11(17-2)15-13(16)7-4-8-14(15)18(9-10-19)12-5-3-6-12/h4,7-8,11-12,17,19H,3,5-6,9-10H2,1-2H3. The van der Waals surface area contributed by atoms with Crippen LogP contribution in [-0.4, -0.2) is 31.3 Å². The van der Waals surface area contributed by atoms with Gasteiger partial charge in [0.2, 0.25) is 0 Å². The number of hydrogen-bond donors (Lipinski definition) is 2. The van der Waals surface area contributed by atoms with Crippen LogP contribution in [0.15, 0.2) is 18.2 Å². The monoisotopic (exact) mass is 266 g/mol. The van der Waals surface area contributed by atoms with Gasteiger partial charge in [0.25, 0.3) is 0 Å². The van der Waals surface area contributed by atoms with Gasteiger partial charge in [-0.1, -0.05) is 6.07 Å². The van der Waals surface area contributed by atoms with E-state index in [0.717, 1.165) is 18.5 Å². The van der Waals surface area contributed by atoms with Crippen molar-refractivity contribution in [3.8, 4) is 0 Å². The van der Waals surface area contributed by atoms with E-state index in [-0.39, 0.29) is 18.5 Å². The van der Waals surface area contributed by atoms with Crippen molar-refractivity contribution in [1.29, 1.82) is 0 Å². The quantitative estimate of drug-likeness (QED) is 0.830. The molecule has 0 radical (unpaired) electrons. The summed E-state index contributed by atoms with van der Waals surface area (Å²) in [7, 11) is 1.83. The number of aliphatic hydroxyl groups is 1. The molecule has 1 unspecified atom stereocenters. The maximum absolute atomic E-state index is 14.1. The highest BCUT2D eigenvalue weighted by atomic mass is 19.1. The van der Waals surface area contributed by atoms with E-state index in [1.807, 2.05) is 20.0 Å². The summed E-state index contributed by atoms with van der Waals surface area (Å²) in [6.45, 7) is 2.62. The molecule has 0 saturated heterocycles. The summed E-state index contributed by atoms with van der Waals surface area (Å²) in [4.78, 5) is 2.16. The van der Waals surface area contributed by atoms with Crippen LogP contribution in [-0.2, 0) is 0 Å². The molecule has 1 atom stereocenters. The van der Waals surface area contributed by atoms with E-state index in [1.54, 1.807) is 6.07 Å². The van der Waals surface area contributed by atoms with Crippen LogP contribution in [0.2, 0.25) is 0 Å². The van der Waals surface area contributed by atoms with Crippen LogP contribution in [0.3, 0.4) is 0 Å². The Bertz CT molecular complexity index is 421. The van der Waals surface area contributed by atoms with Gasteiger partial charge in [0.15, 0.2) is 0 Å². The first kappa shape index (κ1) is 14.3. The van der Waals surface area contributed by atoms with Crippen molar-refractivity contribution in [2.24, 2.45) is 0 Å². The van der Waals surface area contributed by atoms with Gasteiger partial charge in [-0.25, -0.2) is 4.39 Å². The van der Waals surface area contributed by atoms with E-state index < -0.39 is 0 Å². The number of nitrogens with zero attached hydrogens (tertiary/aromatic N) is 1. The molecule has 106 valence electrons. The fourth-order valence-corrected chi connectivity index (χ4v) is 2.65. The first-order valence-electron chi connectivity index (χ1n) is 7.02. The Kier molecular flexibility index (Phi) is 4.77. The van der Waals surface area contributed by atoms with Crippen LogP contribution < -0.4 is 10.2 Å². The first-order chi connectivity index (χ1) is 9.19. The largest absolute Gasteiger partial charge is 0.395 e. The number of halogens is 1. The minimum Gasteiger partial charge on any atom is -0.395 e. The van der Waals surface area contributed by atoms with Crippen LogP contribution in [0.5, 0.6) is 0 Å². The normalized spacial score (nSPS) is 17.1. The van der Waals surface area contributed by atoms with Gasteiger partial charge in [-0.05, 0) is 45.4 Å². The highest BCUT2D eigenvalue weighted by Gasteiger charge is 2.28. The fraction of sp³-hybridized carbons (Fsp3) is 0.600. The molecular formula is C15H23FN2O. The first-order valence-corrected chi connectivity index (χ1v) is 7.02. The summed E-state index contributed by atoms with van der Waals surface area (Å²) in [5.74, 6) is -0.179. The lowest BCUT2D eigenvalue weighted by atomic mass is 9.90. The molecule has 1 aromatic rings. The molecule has 4 heteroatoms. The summed E-state index contributed by atoms with van der Waals surface area (Å²) in [5, 5.41) is 12.4. The minimum atomic E-state index is -0.179. The zero-order chi connectivity index (χ0) is 13.8. The van der Waals surface area contributed by atoms with Crippen molar-refractivity contribution in [3.05, 3.63) is 29.6 Å². The van der Waals surface area contributed by atoms with Crippen molar-refractivity contribution in [2.45, 2.75) is 38.3 Å². The highest BCUT2D eigenvalue weighted by Crippen LogP contribution is 2.35. The number of rotatable bonds is 6. The number of aliphatic hydroxyl groups excluding tert-OH is 1. The summed E-state index contributed by atoms with van der Waals surface area (Å²) in [5.41, 5.74) is 1.62. The molecular weight excluding hydrogens is 243 g/mol. The Morgan fingerprint density at radius 2 is 2.21 bits per heavy atom. The summed E-state index contributed by atoms with van der Waals surface area (Å²) >= 11 is 0. The van der Waals surface area contributed by atoms with E-state index in [0.29, 0.717) is 18.2 Å².